The number of amides is 1. The molecule has 1 heterocycles. The zero-order valence-corrected chi connectivity index (χ0v) is 18.6. The van der Waals surface area contributed by atoms with Gasteiger partial charge in [0, 0.05) is 36.6 Å². The Bertz CT molecular complexity index is 866. The Morgan fingerprint density at radius 3 is 2.29 bits per heavy atom. The van der Waals surface area contributed by atoms with Crippen LogP contribution in [0.25, 0.3) is 0 Å². The molecule has 0 aliphatic carbocycles. The number of ether oxygens (including phenoxy) is 4. The quantitative estimate of drug-likeness (QED) is 0.657. The van der Waals surface area contributed by atoms with Crippen molar-refractivity contribution in [1.82, 2.24) is 4.90 Å². The lowest BCUT2D eigenvalue weighted by Crippen LogP contribution is -2.36. The second-order valence-corrected chi connectivity index (χ2v) is 7.36. The molecule has 3 rings (SSSR count). The fourth-order valence-corrected chi connectivity index (χ4v) is 3.66. The summed E-state index contributed by atoms with van der Waals surface area (Å²) in [4.78, 5) is 16.7. The molecule has 1 fully saturated rings. The number of carbonyl (C=O) groups is 1. The van der Waals surface area contributed by atoms with Crippen LogP contribution in [0.3, 0.4) is 0 Å². The smallest absolute Gasteiger partial charge is 0.238 e. The summed E-state index contributed by atoms with van der Waals surface area (Å²) >= 11 is 0. The molecule has 1 N–H and O–H groups in total. The molecule has 8 nitrogen and oxygen atoms in total. The van der Waals surface area contributed by atoms with E-state index in [1.807, 2.05) is 48.3 Å². The number of rotatable bonds is 9. The molecule has 0 spiro atoms. The van der Waals surface area contributed by atoms with Crippen LogP contribution in [0.1, 0.15) is 5.56 Å². The highest BCUT2D eigenvalue weighted by Crippen LogP contribution is 2.40. The van der Waals surface area contributed by atoms with Crippen LogP contribution >= 0.6 is 0 Å². The molecule has 0 saturated carbocycles. The second-order valence-electron chi connectivity index (χ2n) is 7.36. The Balaban J connectivity index is 1.57. The maximum Gasteiger partial charge on any atom is 0.238 e. The van der Waals surface area contributed by atoms with Gasteiger partial charge in [-0.05, 0) is 37.4 Å². The van der Waals surface area contributed by atoms with E-state index in [0.29, 0.717) is 23.8 Å². The number of nitrogens with one attached hydrogen (secondary N) is 1. The van der Waals surface area contributed by atoms with Gasteiger partial charge in [-0.25, -0.2) is 0 Å². The van der Waals surface area contributed by atoms with Gasteiger partial charge in [0.25, 0.3) is 0 Å². The number of methoxy groups -OCH3 is 3. The first-order chi connectivity index (χ1) is 15.0. The van der Waals surface area contributed by atoms with Crippen LogP contribution in [0, 0.1) is 0 Å². The molecule has 168 valence electrons. The average Bonchev–Trinajstić information content (AvgIpc) is 2.79. The van der Waals surface area contributed by atoms with Crippen molar-refractivity contribution in [3.63, 3.8) is 0 Å². The van der Waals surface area contributed by atoms with Crippen molar-refractivity contribution in [1.29, 1.82) is 0 Å². The molecule has 8 heteroatoms. The molecule has 0 radical (unpaired) electrons. The highest BCUT2D eigenvalue weighted by Gasteiger charge is 2.18. The summed E-state index contributed by atoms with van der Waals surface area (Å²) in [5, 5.41) is 2.96. The molecule has 2 aromatic rings. The monoisotopic (exact) mass is 429 g/mol. The summed E-state index contributed by atoms with van der Waals surface area (Å²) in [6.45, 7) is 4.02. The highest BCUT2D eigenvalue weighted by molar-refractivity contribution is 5.92. The van der Waals surface area contributed by atoms with E-state index < -0.39 is 0 Å². The maximum absolute atomic E-state index is 12.5. The molecular weight excluding hydrogens is 398 g/mol. The number of likely N-dealkylation sites (N-methyl/N-ethyl adjacent to an activating group) is 1. The number of nitrogens with zero attached hydrogens (tertiary/aromatic N) is 2. The summed E-state index contributed by atoms with van der Waals surface area (Å²) in [5.41, 5.74) is 2.82. The number of hydrogen-bond donors (Lipinski definition) is 1. The predicted octanol–water partition coefficient (Wildman–Crippen LogP) is 2.62. The number of hydrogen-bond acceptors (Lipinski definition) is 7. The number of benzene rings is 2. The molecule has 2 aromatic carbocycles. The van der Waals surface area contributed by atoms with Crippen molar-refractivity contribution in [3.8, 4) is 17.2 Å². The van der Waals surface area contributed by atoms with Crippen molar-refractivity contribution < 1.29 is 23.7 Å². The minimum atomic E-state index is -0.0823. The van der Waals surface area contributed by atoms with Crippen molar-refractivity contribution in [3.05, 3.63) is 42.0 Å². The summed E-state index contributed by atoms with van der Waals surface area (Å²) in [6, 6.07) is 11.7. The molecule has 0 unspecified atom stereocenters. The molecule has 1 aliphatic rings. The topological polar surface area (TPSA) is 72.5 Å². The van der Waals surface area contributed by atoms with Gasteiger partial charge in [-0.3, -0.25) is 9.69 Å². The first kappa shape index (κ1) is 22.7. The third kappa shape index (κ3) is 5.80. The number of morpholine rings is 1. The molecule has 1 saturated heterocycles. The summed E-state index contributed by atoms with van der Waals surface area (Å²) < 4.78 is 21.7. The fraction of sp³-hybridized carbons (Fsp3) is 0.435. The first-order valence-corrected chi connectivity index (χ1v) is 10.2. The zero-order chi connectivity index (χ0) is 22.2. The van der Waals surface area contributed by atoms with Gasteiger partial charge in [-0.2, -0.15) is 0 Å². The van der Waals surface area contributed by atoms with Gasteiger partial charge in [-0.1, -0.05) is 6.07 Å². The van der Waals surface area contributed by atoms with Crippen LogP contribution in [0.4, 0.5) is 11.4 Å². The molecular formula is C23H31N3O5. The Labute approximate surface area is 183 Å². The molecule has 0 bridgehead atoms. The number of anilines is 2. The van der Waals surface area contributed by atoms with Crippen LogP contribution in [0.15, 0.2) is 36.4 Å². The lowest BCUT2D eigenvalue weighted by molar-refractivity contribution is -0.117. The van der Waals surface area contributed by atoms with Crippen molar-refractivity contribution >= 4 is 17.3 Å². The molecule has 31 heavy (non-hydrogen) atoms. The van der Waals surface area contributed by atoms with Crippen molar-refractivity contribution in [2.45, 2.75) is 6.54 Å². The van der Waals surface area contributed by atoms with Gasteiger partial charge in [0.15, 0.2) is 11.5 Å². The van der Waals surface area contributed by atoms with E-state index in [1.54, 1.807) is 21.3 Å². The van der Waals surface area contributed by atoms with E-state index in [-0.39, 0.29) is 12.5 Å². The van der Waals surface area contributed by atoms with E-state index in [9.17, 15) is 4.79 Å². The summed E-state index contributed by atoms with van der Waals surface area (Å²) in [7, 11) is 6.64. The number of carbonyl (C=O) groups excluding carboxylic acids is 1. The van der Waals surface area contributed by atoms with Crippen LogP contribution in [0.5, 0.6) is 17.2 Å². The third-order valence-corrected chi connectivity index (χ3v) is 5.17. The minimum absolute atomic E-state index is 0.0823. The van der Waals surface area contributed by atoms with Gasteiger partial charge in [0.05, 0.1) is 41.1 Å². The van der Waals surface area contributed by atoms with E-state index in [2.05, 4.69) is 10.2 Å². The van der Waals surface area contributed by atoms with Gasteiger partial charge in [-0.15, -0.1) is 0 Å². The summed E-state index contributed by atoms with van der Waals surface area (Å²) in [5.74, 6) is 1.67. The van der Waals surface area contributed by atoms with Gasteiger partial charge >= 0.3 is 0 Å². The van der Waals surface area contributed by atoms with E-state index in [0.717, 1.165) is 43.2 Å². The van der Waals surface area contributed by atoms with Crippen LogP contribution in [0.2, 0.25) is 0 Å². The molecule has 1 amide bonds. The third-order valence-electron chi connectivity index (χ3n) is 5.17. The SMILES string of the molecule is COc1ccc(CN(C)CC(=O)Nc2ccc(N3CCOCC3)cc2)c(OC)c1OC. The second kappa shape index (κ2) is 10.9. The van der Waals surface area contributed by atoms with E-state index >= 15 is 0 Å². The molecule has 0 aromatic heterocycles. The normalized spacial score (nSPS) is 13.8. The standard InChI is InChI=1S/C23H31N3O5/c1-25(15-17-5-10-20(28-2)23(30-4)22(17)29-3)16-21(27)24-18-6-8-19(9-7-18)26-11-13-31-14-12-26/h5-10H,11-16H2,1-4H3,(H,24,27). The molecule has 1 aliphatic heterocycles. The first-order valence-electron chi connectivity index (χ1n) is 10.2. The lowest BCUT2D eigenvalue weighted by atomic mass is 10.1. The average molecular weight is 430 g/mol. The minimum Gasteiger partial charge on any atom is -0.493 e. The predicted molar refractivity (Wildman–Crippen MR) is 121 cm³/mol. The Hall–Kier alpha value is -2.97. The van der Waals surface area contributed by atoms with Crippen LogP contribution in [-0.4, -0.2) is 72.0 Å². The van der Waals surface area contributed by atoms with Gasteiger partial charge in [0.2, 0.25) is 11.7 Å². The lowest BCUT2D eigenvalue weighted by Gasteiger charge is -2.28. The van der Waals surface area contributed by atoms with Crippen molar-refractivity contribution in [2.24, 2.45) is 0 Å². The van der Waals surface area contributed by atoms with Crippen LogP contribution in [-0.2, 0) is 16.1 Å². The zero-order valence-electron chi connectivity index (χ0n) is 18.6. The summed E-state index contributed by atoms with van der Waals surface area (Å²) in [6.07, 6.45) is 0. The van der Waals surface area contributed by atoms with Crippen LogP contribution < -0.4 is 24.4 Å². The van der Waals surface area contributed by atoms with E-state index in [1.165, 1.54) is 0 Å². The fourth-order valence-electron chi connectivity index (χ4n) is 3.66. The maximum atomic E-state index is 12.5. The highest BCUT2D eigenvalue weighted by atomic mass is 16.5. The Kier molecular flexibility index (Phi) is 7.97. The van der Waals surface area contributed by atoms with E-state index in [4.69, 9.17) is 18.9 Å². The van der Waals surface area contributed by atoms with Gasteiger partial charge < -0.3 is 29.2 Å². The Morgan fingerprint density at radius 2 is 1.68 bits per heavy atom. The van der Waals surface area contributed by atoms with Crippen molar-refractivity contribution in [2.75, 3.05) is 71.4 Å². The van der Waals surface area contributed by atoms with Gasteiger partial charge in [0.1, 0.15) is 0 Å². The molecule has 0 atom stereocenters. The largest absolute Gasteiger partial charge is 0.493 e. The Morgan fingerprint density at radius 1 is 1.00 bits per heavy atom.